The molecule has 0 aromatic rings. The molecule has 0 spiro atoms. The summed E-state index contributed by atoms with van der Waals surface area (Å²) in [5.74, 6) is 0.995. The van der Waals surface area contributed by atoms with E-state index in [1.165, 1.54) is 19.3 Å². The first-order valence-corrected chi connectivity index (χ1v) is 4.43. The van der Waals surface area contributed by atoms with E-state index in [1.807, 2.05) is 0 Å². The van der Waals surface area contributed by atoms with Crippen molar-refractivity contribution in [3.8, 4) is 0 Å². The van der Waals surface area contributed by atoms with Crippen LogP contribution in [0.15, 0.2) is 12.3 Å². The van der Waals surface area contributed by atoms with Crippen molar-refractivity contribution in [3.63, 3.8) is 0 Å². The highest BCUT2D eigenvalue weighted by Crippen LogP contribution is 2.57. The van der Waals surface area contributed by atoms with Crippen molar-refractivity contribution >= 4 is 0 Å². The van der Waals surface area contributed by atoms with Crippen molar-refractivity contribution in [3.05, 3.63) is 12.3 Å². The highest BCUT2D eigenvalue weighted by Gasteiger charge is 2.55. The van der Waals surface area contributed by atoms with E-state index < -0.39 is 0 Å². The van der Waals surface area contributed by atoms with Crippen molar-refractivity contribution in [1.82, 2.24) is 0 Å². The fraction of sp³-hybridized carbons (Fsp3) is 0.800. The molecule has 1 aliphatic carbocycles. The maximum absolute atomic E-state index is 5.78. The Kier molecular flexibility index (Phi) is 1.19. The number of fused-ring (bicyclic) bond motifs is 1. The molecule has 0 bridgehead atoms. The minimum atomic E-state index is 0.115. The van der Waals surface area contributed by atoms with Gasteiger partial charge in [-0.1, -0.05) is 13.5 Å². The van der Waals surface area contributed by atoms with Crippen LogP contribution in [-0.4, -0.2) is 5.60 Å². The van der Waals surface area contributed by atoms with Crippen molar-refractivity contribution < 1.29 is 4.74 Å². The lowest BCUT2D eigenvalue weighted by Crippen LogP contribution is -2.34. The van der Waals surface area contributed by atoms with Gasteiger partial charge in [-0.3, -0.25) is 0 Å². The van der Waals surface area contributed by atoms with Crippen LogP contribution < -0.4 is 0 Å². The second-order valence-corrected chi connectivity index (χ2v) is 4.46. The molecule has 0 N–H and O–H groups in total. The summed E-state index contributed by atoms with van der Waals surface area (Å²) in [7, 11) is 0. The Morgan fingerprint density at radius 1 is 1.36 bits per heavy atom. The van der Waals surface area contributed by atoms with Gasteiger partial charge in [0.15, 0.2) is 0 Å². The van der Waals surface area contributed by atoms with Crippen molar-refractivity contribution in [1.29, 1.82) is 0 Å². The number of rotatable bonds is 0. The van der Waals surface area contributed by atoms with Crippen LogP contribution in [0, 0.1) is 5.41 Å². The lowest BCUT2D eigenvalue weighted by atomic mass is 9.77. The Balaban J connectivity index is 2.35. The predicted molar refractivity (Wildman–Crippen MR) is 45.2 cm³/mol. The van der Waals surface area contributed by atoms with E-state index in [-0.39, 0.29) is 5.60 Å². The molecule has 2 atom stereocenters. The summed E-state index contributed by atoms with van der Waals surface area (Å²) < 4.78 is 5.78. The first-order chi connectivity index (χ1) is 5.06. The lowest BCUT2D eigenvalue weighted by Gasteiger charge is -2.31. The summed E-state index contributed by atoms with van der Waals surface area (Å²) in [5, 5.41) is 0. The van der Waals surface area contributed by atoms with Gasteiger partial charge in [-0.2, -0.15) is 0 Å². The van der Waals surface area contributed by atoms with Crippen molar-refractivity contribution in [2.45, 2.75) is 45.1 Å². The third-order valence-electron chi connectivity index (χ3n) is 3.62. The van der Waals surface area contributed by atoms with Crippen LogP contribution in [0.2, 0.25) is 0 Å². The van der Waals surface area contributed by atoms with Crippen LogP contribution in [0.25, 0.3) is 0 Å². The Morgan fingerprint density at radius 2 is 2.09 bits per heavy atom. The van der Waals surface area contributed by atoms with Gasteiger partial charge in [0, 0.05) is 11.8 Å². The molecule has 0 radical (unpaired) electrons. The lowest BCUT2D eigenvalue weighted by molar-refractivity contribution is 0.00266. The van der Waals surface area contributed by atoms with Crippen LogP contribution in [-0.2, 0) is 4.74 Å². The average Bonchev–Trinajstić information content (AvgIpc) is 2.16. The van der Waals surface area contributed by atoms with Crippen LogP contribution in [0.5, 0.6) is 0 Å². The first kappa shape index (κ1) is 7.20. The van der Waals surface area contributed by atoms with Gasteiger partial charge in [-0.15, -0.1) is 0 Å². The van der Waals surface area contributed by atoms with E-state index in [1.54, 1.807) is 0 Å². The van der Waals surface area contributed by atoms with Gasteiger partial charge in [0.05, 0.1) is 5.76 Å². The largest absolute Gasteiger partial charge is 0.492 e. The maximum Gasteiger partial charge on any atom is 0.111 e. The summed E-state index contributed by atoms with van der Waals surface area (Å²) in [6, 6.07) is 0. The van der Waals surface area contributed by atoms with E-state index in [4.69, 9.17) is 4.74 Å². The first-order valence-electron chi connectivity index (χ1n) is 4.43. The van der Waals surface area contributed by atoms with Crippen LogP contribution in [0.1, 0.15) is 39.5 Å². The molecule has 2 fully saturated rings. The third kappa shape index (κ3) is 0.770. The number of ether oxygens (including phenoxy) is 1. The molecule has 1 saturated heterocycles. The second-order valence-electron chi connectivity index (χ2n) is 4.46. The Bertz CT molecular complexity index is 189. The average molecular weight is 152 g/mol. The Hall–Kier alpha value is -0.460. The Labute approximate surface area is 68.4 Å². The smallest absolute Gasteiger partial charge is 0.111 e. The summed E-state index contributed by atoms with van der Waals surface area (Å²) in [5.41, 5.74) is 0.508. The van der Waals surface area contributed by atoms with E-state index in [0.717, 1.165) is 12.2 Å². The zero-order valence-corrected chi connectivity index (χ0v) is 7.44. The summed E-state index contributed by atoms with van der Waals surface area (Å²) >= 11 is 0. The molecular formula is C10H16O. The fourth-order valence-corrected chi connectivity index (χ4v) is 2.62. The Morgan fingerprint density at radius 3 is 2.73 bits per heavy atom. The highest BCUT2D eigenvalue weighted by molar-refractivity contribution is 5.12. The molecule has 0 unspecified atom stereocenters. The van der Waals surface area contributed by atoms with E-state index in [0.29, 0.717) is 5.41 Å². The van der Waals surface area contributed by atoms with Gasteiger partial charge in [0.1, 0.15) is 5.60 Å². The topological polar surface area (TPSA) is 9.23 Å². The second kappa shape index (κ2) is 1.82. The fourth-order valence-electron chi connectivity index (χ4n) is 2.62. The number of hydrogen-bond acceptors (Lipinski definition) is 1. The van der Waals surface area contributed by atoms with Gasteiger partial charge in [0.2, 0.25) is 0 Å². The molecule has 1 nitrogen and oxygen atoms in total. The summed E-state index contributed by atoms with van der Waals surface area (Å²) in [6.45, 7) is 8.47. The van der Waals surface area contributed by atoms with Crippen molar-refractivity contribution in [2.24, 2.45) is 5.41 Å². The van der Waals surface area contributed by atoms with E-state index in [2.05, 4.69) is 20.4 Å². The van der Waals surface area contributed by atoms with Gasteiger partial charge in [-0.25, -0.2) is 0 Å². The van der Waals surface area contributed by atoms with Gasteiger partial charge < -0.3 is 4.74 Å². The summed E-state index contributed by atoms with van der Waals surface area (Å²) in [6.07, 6.45) is 4.91. The predicted octanol–water partition coefficient (Wildman–Crippen LogP) is 2.87. The molecular weight excluding hydrogens is 136 g/mol. The van der Waals surface area contributed by atoms with E-state index in [9.17, 15) is 0 Å². The van der Waals surface area contributed by atoms with Crippen LogP contribution in [0.4, 0.5) is 0 Å². The quantitative estimate of drug-likeness (QED) is 0.518. The standard InChI is InChI=1S/C10H16O/c1-8-7-9(2)5-4-6-10(9,3)11-8/h1,4-7H2,2-3H3/t9-,10+/m0/s1. The SMILES string of the molecule is C=C1C[C@]2(C)CCC[C@@]2(C)O1. The molecule has 1 heteroatoms. The molecule has 2 rings (SSSR count). The van der Waals surface area contributed by atoms with Gasteiger partial charge in [0.25, 0.3) is 0 Å². The monoisotopic (exact) mass is 152 g/mol. The highest BCUT2D eigenvalue weighted by atomic mass is 16.5. The minimum absolute atomic E-state index is 0.115. The van der Waals surface area contributed by atoms with Crippen LogP contribution in [0.3, 0.4) is 0 Å². The van der Waals surface area contributed by atoms with Crippen molar-refractivity contribution in [2.75, 3.05) is 0 Å². The normalized spacial score (nSPS) is 49.1. The molecule has 0 aromatic carbocycles. The van der Waals surface area contributed by atoms with Crippen LogP contribution >= 0.6 is 0 Å². The molecule has 1 saturated carbocycles. The van der Waals surface area contributed by atoms with Gasteiger partial charge >= 0.3 is 0 Å². The zero-order chi connectivity index (χ0) is 8.11. The molecule has 1 heterocycles. The van der Waals surface area contributed by atoms with Gasteiger partial charge in [-0.05, 0) is 26.2 Å². The third-order valence-corrected chi connectivity index (χ3v) is 3.62. The molecule has 0 amide bonds. The maximum atomic E-state index is 5.78. The molecule has 2 aliphatic rings. The summed E-state index contributed by atoms with van der Waals surface area (Å²) in [4.78, 5) is 0. The van der Waals surface area contributed by atoms with E-state index >= 15 is 0 Å². The minimum Gasteiger partial charge on any atom is -0.492 e. The zero-order valence-electron chi connectivity index (χ0n) is 7.44. The molecule has 11 heavy (non-hydrogen) atoms. The molecule has 1 aliphatic heterocycles. The molecule has 62 valence electrons. The number of hydrogen-bond donors (Lipinski definition) is 0. The molecule has 0 aromatic heterocycles. The number of allylic oxidation sites excluding steroid dienone is 1.